The van der Waals surface area contributed by atoms with Gasteiger partial charge in [-0.05, 0) is 24.3 Å². The first kappa shape index (κ1) is 16.7. The molecule has 0 atom stereocenters. The number of anilines is 1. The number of rotatable bonds is 4. The summed E-state index contributed by atoms with van der Waals surface area (Å²) in [5, 5.41) is 4.23. The molecule has 136 valence electrons. The molecular weight excluding hydrogens is 348 g/mol. The Balaban J connectivity index is 1.77. The Hall–Kier alpha value is -3.74. The third kappa shape index (κ3) is 2.89. The van der Waals surface area contributed by atoms with Crippen molar-refractivity contribution in [2.45, 2.75) is 0 Å². The van der Waals surface area contributed by atoms with Crippen LogP contribution in [0.1, 0.15) is 21.0 Å². The number of para-hydroxylation sites is 1. The van der Waals surface area contributed by atoms with Crippen LogP contribution in [0.5, 0.6) is 5.75 Å². The first-order chi connectivity index (χ1) is 13.1. The fourth-order valence-electron chi connectivity index (χ4n) is 2.96. The zero-order chi connectivity index (χ0) is 19.0. The van der Waals surface area contributed by atoms with E-state index in [0.29, 0.717) is 27.9 Å². The van der Waals surface area contributed by atoms with Crippen LogP contribution in [0.2, 0.25) is 0 Å². The monoisotopic (exact) mass is 364 g/mol. The summed E-state index contributed by atoms with van der Waals surface area (Å²) >= 11 is 0. The van der Waals surface area contributed by atoms with Crippen molar-refractivity contribution >= 4 is 39.4 Å². The number of ether oxygens (including phenoxy) is 2. The van der Waals surface area contributed by atoms with Gasteiger partial charge >= 0.3 is 5.97 Å². The molecule has 4 aromatic rings. The summed E-state index contributed by atoms with van der Waals surface area (Å²) in [6.45, 7) is 0. The quantitative estimate of drug-likeness (QED) is 0.535. The zero-order valence-electron chi connectivity index (χ0n) is 14.7. The van der Waals surface area contributed by atoms with Crippen molar-refractivity contribution in [1.29, 1.82) is 0 Å². The molecule has 7 nitrogen and oxygen atoms in total. The van der Waals surface area contributed by atoms with Gasteiger partial charge in [-0.15, -0.1) is 0 Å². The number of aromatic nitrogens is 1. The average Bonchev–Trinajstić information content (AvgIpc) is 3.28. The molecule has 4 rings (SSSR count). The fourth-order valence-corrected chi connectivity index (χ4v) is 2.96. The maximum atomic E-state index is 12.7. The molecule has 7 heteroatoms. The number of hydrogen-bond acceptors (Lipinski definition) is 5. The van der Waals surface area contributed by atoms with Gasteiger partial charge in [0, 0.05) is 16.8 Å². The lowest BCUT2D eigenvalue weighted by Crippen LogP contribution is -2.14. The molecule has 27 heavy (non-hydrogen) atoms. The molecule has 0 unspecified atom stereocenters. The van der Waals surface area contributed by atoms with Crippen LogP contribution in [0.4, 0.5) is 5.69 Å². The molecule has 0 fully saturated rings. The second-order valence-corrected chi connectivity index (χ2v) is 5.88. The lowest BCUT2D eigenvalue weighted by Gasteiger charge is -2.05. The number of benzene rings is 2. The van der Waals surface area contributed by atoms with Crippen molar-refractivity contribution in [3.05, 3.63) is 60.0 Å². The number of methoxy groups -OCH3 is 2. The van der Waals surface area contributed by atoms with Gasteiger partial charge in [-0.2, -0.15) is 0 Å². The van der Waals surface area contributed by atoms with Gasteiger partial charge in [0.15, 0.2) is 5.76 Å². The van der Waals surface area contributed by atoms with E-state index < -0.39 is 11.9 Å². The number of H-pyrrole nitrogens is 1. The Labute approximate surface area is 153 Å². The molecule has 0 saturated heterocycles. The number of esters is 1. The van der Waals surface area contributed by atoms with Crippen LogP contribution in [0.3, 0.4) is 0 Å². The van der Waals surface area contributed by atoms with E-state index in [1.54, 1.807) is 37.4 Å². The van der Waals surface area contributed by atoms with Crippen LogP contribution in [0.25, 0.3) is 21.9 Å². The second kappa shape index (κ2) is 6.53. The van der Waals surface area contributed by atoms with Gasteiger partial charge in [0.1, 0.15) is 17.0 Å². The Morgan fingerprint density at radius 1 is 1.07 bits per heavy atom. The lowest BCUT2D eigenvalue weighted by atomic mass is 10.2. The highest BCUT2D eigenvalue weighted by Crippen LogP contribution is 2.31. The third-order valence-electron chi connectivity index (χ3n) is 4.28. The predicted molar refractivity (Wildman–Crippen MR) is 100 cm³/mol. The Morgan fingerprint density at radius 2 is 1.89 bits per heavy atom. The van der Waals surface area contributed by atoms with Gasteiger partial charge in [0.05, 0.1) is 25.4 Å². The second-order valence-electron chi connectivity index (χ2n) is 5.88. The molecule has 2 heterocycles. The van der Waals surface area contributed by atoms with E-state index in [1.165, 1.54) is 7.11 Å². The van der Waals surface area contributed by atoms with E-state index in [0.717, 1.165) is 5.39 Å². The van der Waals surface area contributed by atoms with Gasteiger partial charge in [-0.25, -0.2) is 4.79 Å². The number of hydrogen-bond donors (Lipinski definition) is 2. The minimum absolute atomic E-state index is 0.144. The molecule has 0 spiro atoms. The lowest BCUT2D eigenvalue weighted by molar-refractivity contribution is 0.0596. The van der Waals surface area contributed by atoms with Crippen LogP contribution in [-0.4, -0.2) is 31.1 Å². The summed E-state index contributed by atoms with van der Waals surface area (Å²) in [5.74, 6) is -0.289. The van der Waals surface area contributed by atoms with Crippen LogP contribution < -0.4 is 10.1 Å². The SMILES string of the molecule is COC(=O)c1[nH]c2cc(OC)ccc2c1NC(=O)c1cc2ccccc2o1. The molecule has 0 bridgehead atoms. The highest BCUT2D eigenvalue weighted by atomic mass is 16.5. The van der Waals surface area contributed by atoms with E-state index in [-0.39, 0.29) is 11.5 Å². The summed E-state index contributed by atoms with van der Waals surface area (Å²) < 4.78 is 15.6. The third-order valence-corrected chi connectivity index (χ3v) is 4.28. The highest BCUT2D eigenvalue weighted by molar-refractivity contribution is 6.14. The van der Waals surface area contributed by atoms with E-state index in [1.807, 2.05) is 18.2 Å². The van der Waals surface area contributed by atoms with Crippen molar-refractivity contribution in [3.63, 3.8) is 0 Å². The summed E-state index contributed by atoms with van der Waals surface area (Å²) in [4.78, 5) is 27.8. The molecule has 0 aliphatic heterocycles. The summed E-state index contributed by atoms with van der Waals surface area (Å²) in [6, 6.07) is 14.2. The molecule has 0 aliphatic carbocycles. The summed E-state index contributed by atoms with van der Waals surface area (Å²) in [5.41, 5.74) is 1.71. The first-order valence-electron chi connectivity index (χ1n) is 8.18. The summed E-state index contributed by atoms with van der Waals surface area (Å²) in [6.07, 6.45) is 0. The first-order valence-corrected chi connectivity index (χ1v) is 8.18. The fraction of sp³-hybridized carbons (Fsp3) is 0.100. The topological polar surface area (TPSA) is 93.6 Å². The maximum absolute atomic E-state index is 12.7. The maximum Gasteiger partial charge on any atom is 0.356 e. The van der Waals surface area contributed by atoms with Gasteiger partial charge in [-0.1, -0.05) is 18.2 Å². The Bertz CT molecular complexity index is 1140. The van der Waals surface area contributed by atoms with Crippen molar-refractivity contribution < 1.29 is 23.5 Å². The molecule has 0 saturated carbocycles. The van der Waals surface area contributed by atoms with E-state index in [2.05, 4.69) is 10.3 Å². The van der Waals surface area contributed by atoms with Gasteiger partial charge in [0.2, 0.25) is 0 Å². The minimum atomic E-state index is -0.593. The molecule has 2 aromatic heterocycles. The van der Waals surface area contributed by atoms with Crippen LogP contribution in [-0.2, 0) is 4.74 Å². The number of aromatic amines is 1. The summed E-state index contributed by atoms with van der Waals surface area (Å²) in [7, 11) is 2.83. The number of fused-ring (bicyclic) bond motifs is 2. The predicted octanol–water partition coefficient (Wildman–Crippen LogP) is 3.96. The smallest absolute Gasteiger partial charge is 0.356 e. The molecular formula is C20H16N2O5. The van der Waals surface area contributed by atoms with Crippen LogP contribution >= 0.6 is 0 Å². The van der Waals surface area contributed by atoms with Crippen molar-refractivity contribution in [3.8, 4) is 5.75 Å². The molecule has 1 amide bonds. The normalized spacial score (nSPS) is 10.9. The van der Waals surface area contributed by atoms with E-state index in [4.69, 9.17) is 13.9 Å². The number of amides is 1. The molecule has 0 aliphatic rings. The average molecular weight is 364 g/mol. The standard InChI is InChI=1S/C20H16N2O5/c1-25-12-7-8-13-14(10-12)21-18(20(24)26-2)17(13)22-19(23)16-9-11-5-3-4-6-15(11)27-16/h3-10,21H,1-2H3,(H,22,23). The van der Waals surface area contributed by atoms with Crippen LogP contribution in [0.15, 0.2) is 52.9 Å². The highest BCUT2D eigenvalue weighted by Gasteiger charge is 2.22. The number of furan rings is 1. The molecule has 2 aromatic carbocycles. The van der Waals surface area contributed by atoms with Crippen molar-refractivity contribution in [2.75, 3.05) is 19.5 Å². The molecule has 0 radical (unpaired) electrons. The van der Waals surface area contributed by atoms with Crippen LogP contribution in [0, 0.1) is 0 Å². The zero-order valence-corrected chi connectivity index (χ0v) is 14.7. The largest absolute Gasteiger partial charge is 0.497 e. The van der Waals surface area contributed by atoms with Gasteiger partial charge < -0.3 is 24.2 Å². The van der Waals surface area contributed by atoms with E-state index in [9.17, 15) is 9.59 Å². The van der Waals surface area contributed by atoms with Crippen molar-refractivity contribution in [1.82, 2.24) is 4.98 Å². The van der Waals surface area contributed by atoms with Crippen molar-refractivity contribution in [2.24, 2.45) is 0 Å². The number of nitrogens with one attached hydrogen (secondary N) is 2. The molecule has 2 N–H and O–H groups in total. The van der Waals surface area contributed by atoms with Gasteiger partial charge in [-0.3, -0.25) is 4.79 Å². The Kier molecular flexibility index (Phi) is 4.04. The Morgan fingerprint density at radius 3 is 2.63 bits per heavy atom. The minimum Gasteiger partial charge on any atom is -0.497 e. The number of carbonyl (C=O) groups is 2. The van der Waals surface area contributed by atoms with Gasteiger partial charge in [0.25, 0.3) is 5.91 Å². The van der Waals surface area contributed by atoms with E-state index >= 15 is 0 Å². The number of carbonyl (C=O) groups excluding carboxylic acids is 2.